The summed E-state index contributed by atoms with van der Waals surface area (Å²) in [5.74, 6) is -1.53. The average Bonchev–Trinajstić information content (AvgIpc) is 2.65. The van der Waals surface area contributed by atoms with E-state index < -0.39 is 26.7 Å². The Morgan fingerprint density at radius 3 is 2.29 bits per heavy atom. The zero-order valence-electron chi connectivity index (χ0n) is 15.9. The monoisotopic (exact) mass is 407 g/mol. The van der Waals surface area contributed by atoms with Gasteiger partial charge in [0.2, 0.25) is 0 Å². The Hall–Kier alpha value is -2.25. The van der Waals surface area contributed by atoms with Gasteiger partial charge in [-0.2, -0.15) is 8.42 Å². The second-order valence-corrected chi connectivity index (χ2v) is 8.18. The first-order valence-corrected chi connectivity index (χ1v) is 10.9. The van der Waals surface area contributed by atoms with Crippen molar-refractivity contribution in [3.63, 3.8) is 0 Å². The maximum absolute atomic E-state index is 13.5. The molecule has 0 heterocycles. The van der Waals surface area contributed by atoms with Crippen LogP contribution in [0.15, 0.2) is 47.4 Å². The van der Waals surface area contributed by atoms with Gasteiger partial charge in [-0.15, -0.1) is 0 Å². The first-order chi connectivity index (χ1) is 13.3. The molecule has 0 fully saturated rings. The molecule has 1 amide bonds. The maximum atomic E-state index is 13.5. The van der Waals surface area contributed by atoms with Crippen LogP contribution in [0, 0.1) is 5.82 Å². The summed E-state index contributed by atoms with van der Waals surface area (Å²) in [5, 5.41) is 2.51. The van der Waals surface area contributed by atoms with Gasteiger partial charge in [0.1, 0.15) is 10.7 Å². The fraction of sp³-hybridized carbons (Fsp3) is 0.381. The number of carbonyl (C=O) groups excluding carboxylic acids is 1. The number of halogens is 1. The largest absolute Gasteiger partial charge is 0.322 e. The number of hydrogen-bond acceptors (Lipinski definition) is 3. The van der Waals surface area contributed by atoms with Gasteiger partial charge in [-0.3, -0.25) is 9.35 Å². The van der Waals surface area contributed by atoms with E-state index in [1.54, 1.807) is 12.1 Å². The Morgan fingerprint density at radius 2 is 1.64 bits per heavy atom. The molecule has 0 aliphatic carbocycles. The molecular weight excluding hydrogens is 381 g/mol. The highest BCUT2D eigenvalue weighted by molar-refractivity contribution is 7.85. The molecule has 0 spiro atoms. The van der Waals surface area contributed by atoms with Gasteiger partial charge in [-0.25, -0.2) is 4.39 Å². The molecule has 0 saturated heterocycles. The van der Waals surface area contributed by atoms with E-state index in [-0.39, 0.29) is 5.69 Å². The minimum Gasteiger partial charge on any atom is -0.322 e. The number of carbonyl (C=O) groups is 1. The van der Waals surface area contributed by atoms with E-state index in [4.69, 9.17) is 4.55 Å². The molecule has 152 valence electrons. The number of rotatable bonds is 10. The highest BCUT2D eigenvalue weighted by atomic mass is 32.2. The van der Waals surface area contributed by atoms with E-state index >= 15 is 0 Å². The van der Waals surface area contributed by atoms with Crippen LogP contribution >= 0.6 is 0 Å². The van der Waals surface area contributed by atoms with E-state index in [9.17, 15) is 17.6 Å². The van der Waals surface area contributed by atoms with Crippen molar-refractivity contribution in [2.45, 2.75) is 56.8 Å². The molecule has 0 bridgehead atoms. The summed E-state index contributed by atoms with van der Waals surface area (Å²) >= 11 is 0. The van der Waals surface area contributed by atoms with Crippen molar-refractivity contribution < 1.29 is 22.2 Å². The van der Waals surface area contributed by atoms with Gasteiger partial charge >= 0.3 is 0 Å². The van der Waals surface area contributed by atoms with Crippen molar-refractivity contribution in [1.29, 1.82) is 0 Å². The fourth-order valence-corrected chi connectivity index (χ4v) is 3.50. The van der Waals surface area contributed by atoms with Crippen LogP contribution < -0.4 is 5.32 Å². The fourth-order valence-electron chi connectivity index (χ4n) is 2.91. The zero-order valence-corrected chi connectivity index (χ0v) is 16.8. The van der Waals surface area contributed by atoms with E-state index in [0.29, 0.717) is 5.56 Å². The van der Waals surface area contributed by atoms with Crippen molar-refractivity contribution >= 4 is 21.7 Å². The number of aryl methyl sites for hydroxylation is 1. The van der Waals surface area contributed by atoms with Gasteiger partial charge in [-0.05, 0) is 48.7 Å². The smallest absolute Gasteiger partial charge is 0.297 e. The molecule has 0 aliphatic heterocycles. The van der Waals surface area contributed by atoms with Crippen LogP contribution in [0.5, 0.6) is 0 Å². The first-order valence-electron chi connectivity index (χ1n) is 9.48. The van der Waals surface area contributed by atoms with Crippen molar-refractivity contribution in [3.8, 4) is 0 Å². The van der Waals surface area contributed by atoms with Crippen LogP contribution in [0.4, 0.5) is 10.1 Å². The summed E-state index contributed by atoms with van der Waals surface area (Å²) in [6.07, 6.45) is 8.31. The lowest BCUT2D eigenvalue weighted by Crippen LogP contribution is -2.13. The van der Waals surface area contributed by atoms with Gasteiger partial charge in [-0.1, -0.05) is 51.2 Å². The SMILES string of the molecule is CCCCCCCCc1ccc(C(=O)Nc2ccc(F)c(S(=O)(=O)O)c2)cc1. The summed E-state index contributed by atoms with van der Waals surface area (Å²) in [6.45, 7) is 2.20. The lowest BCUT2D eigenvalue weighted by molar-refractivity contribution is 0.102. The molecule has 0 unspecified atom stereocenters. The summed E-state index contributed by atoms with van der Waals surface area (Å²) in [6, 6.07) is 10.2. The van der Waals surface area contributed by atoms with Crippen molar-refractivity contribution in [1.82, 2.24) is 0 Å². The molecule has 0 atom stereocenters. The maximum Gasteiger partial charge on any atom is 0.297 e. The number of anilines is 1. The minimum absolute atomic E-state index is 0.0789. The van der Waals surface area contributed by atoms with Gasteiger partial charge in [0.25, 0.3) is 16.0 Å². The number of nitrogens with one attached hydrogen (secondary N) is 1. The second-order valence-electron chi connectivity index (χ2n) is 6.79. The summed E-state index contributed by atoms with van der Waals surface area (Å²) in [5.41, 5.74) is 1.64. The Morgan fingerprint density at radius 1 is 1.00 bits per heavy atom. The molecule has 0 saturated carbocycles. The minimum atomic E-state index is -4.70. The quantitative estimate of drug-likeness (QED) is 0.417. The molecule has 0 aliphatic rings. The van der Waals surface area contributed by atoms with Crippen molar-refractivity contribution in [2.24, 2.45) is 0 Å². The van der Waals surface area contributed by atoms with E-state index in [1.165, 1.54) is 38.2 Å². The third-order valence-electron chi connectivity index (χ3n) is 4.50. The van der Waals surface area contributed by atoms with E-state index in [0.717, 1.165) is 30.5 Å². The highest BCUT2D eigenvalue weighted by Crippen LogP contribution is 2.20. The average molecular weight is 408 g/mol. The summed E-state index contributed by atoms with van der Waals surface area (Å²) < 4.78 is 44.9. The molecule has 2 rings (SSSR count). The van der Waals surface area contributed by atoms with Crippen LogP contribution in [0.1, 0.15) is 61.4 Å². The standard InChI is InChI=1S/C21H26FNO4S/c1-2-3-4-5-6-7-8-16-9-11-17(12-10-16)21(24)23-18-13-14-19(22)20(15-18)28(25,26)27/h9-15H,2-8H2,1H3,(H,23,24)(H,25,26,27). The topological polar surface area (TPSA) is 83.5 Å². The zero-order chi connectivity index (χ0) is 20.6. The van der Waals surface area contributed by atoms with Crippen LogP contribution in [0.25, 0.3) is 0 Å². The van der Waals surface area contributed by atoms with Gasteiger partial charge in [0.15, 0.2) is 0 Å². The molecule has 7 heteroatoms. The Bertz CT molecular complexity index is 895. The number of unbranched alkanes of at least 4 members (excludes halogenated alkanes) is 5. The number of amides is 1. The van der Waals surface area contributed by atoms with E-state index in [2.05, 4.69) is 12.2 Å². The van der Waals surface area contributed by atoms with Gasteiger partial charge < -0.3 is 5.32 Å². The molecular formula is C21H26FNO4S. The lowest BCUT2D eigenvalue weighted by atomic mass is 10.0. The molecule has 5 nitrogen and oxygen atoms in total. The summed E-state index contributed by atoms with van der Waals surface area (Å²) in [4.78, 5) is 11.4. The van der Waals surface area contributed by atoms with Gasteiger partial charge in [0.05, 0.1) is 0 Å². The molecule has 0 aromatic heterocycles. The van der Waals surface area contributed by atoms with Crippen LogP contribution in [0.2, 0.25) is 0 Å². The number of benzene rings is 2. The number of hydrogen-bond donors (Lipinski definition) is 2. The lowest BCUT2D eigenvalue weighted by Gasteiger charge is -2.08. The summed E-state index contributed by atoms with van der Waals surface area (Å²) in [7, 11) is -4.70. The van der Waals surface area contributed by atoms with Crippen LogP contribution in [-0.2, 0) is 16.5 Å². The predicted molar refractivity (Wildman–Crippen MR) is 108 cm³/mol. The van der Waals surface area contributed by atoms with Crippen molar-refractivity contribution in [2.75, 3.05) is 5.32 Å². The first kappa shape index (κ1) is 22.0. The third-order valence-corrected chi connectivity index (χ3v) is 5.37. The van der Waals surface area contributed by atoms with Gasteiger partial charge in [0, 0.05) is 11.3 Å². The van der Waals surface area contributed by atoms with Crippen LogP contribution in [0.3, 0.4) is 0 Å². The Balaban J connectivity index is 1.93. The molecule has 2 N–H and O–H groups in total. The van der Waals surface area contributed by atoms with E-state index in [1.807, 2.05) is 12.1 Å². The predicted octanol–water partition coefficient (Wildman–Crippen LogP) is 5.23. The van der Waals surface area contributed by atoms with Crippen molar-refractivity contribution in [3.05, 3.63) is 59.4 Å². The third kappa shape index (κ3) is 6.73. The molecule has 2 aromatic rings. The Kier molecular flexibility index (Phi) is 8.14. The molecule has 0 radical (unpaired) electrons. The normalized spacial score (nSPS) is 11.4. The van der Waals surface area contributed by atoms with Crippen LogP contribution in [-0.4, -0.2) is 18.9 Å². The molecule has 2 aromatic carbocycles. The highest BCUT2D eigenvalue weighted by Gasteiger charge is 2.17. The second kappa shape index (κ2) is 10.3. The Labute approximate surface area is 165 Å². The molecule has 28 heavy (non-hydrogen) atoms.